The third-order valence-electron chi connectivity index (χ3n) is 3.90. The van der Waals surface area contributed by atoms with Crippen molar-refractivity contribution in [3.05, 3.63) is 0 Å². The van der Waals surface area contributed by atoms with Gasteiger partial charge in [0.25, 0.3) is 0 Å². The van der Waals surface area contributed by atoms with Gasteiger partial charge in [-0.3, -0.25) is 9.59 Å². The van der Waals surface area contributed by atoms with Gasteiger partial charge >= 0.3 is 12.1 Å². The van der Waals surface area contributed by atoms with Gasteiger partial charge in [-0.2, -0.15) is 13.2 Å². The van der Waals surface area contributed by atoms with E-state index in [1.165, 1.54) is 0 Å². The van der Waals surface area contributed by atoms with Gasteiger partial charge in [0.05, 0.1) is 11.8 Å². The van der Waals surface area contributed by atoms with Crippen LogP contribution >= 0.6 is 0 Å². The molecule has 122 valence electrons. The average molecular weight is 309 g/mol. The van der Waals surface area contributed by atoms with Gasteiger partial charge in [-0.15, -0.1) is 0 Å². The van der Waals surface area contributed by atoms with Gasteiger partial charge in [-0.1, -0.05) is 20.3 Å². The predicted octanol–water partition coefficient (Wildman–Crippen LogP) is 2.92. The van der Waals surface area contributed by atoms with Crippen LogP contribution in [0.4, 0.5) is 13.2 Å². The van der Waals surface area contributed by atoms with Crippen molar-refractivity contribution < 1.29 is 27.9 Å². The van der Waals surface area contributed by atoms with Crippen molar-refractivity contribution >= 4 is 11.9 Å². The lowest BCUT2D eigenvalue weighted by molar-refractivity contribution is -0.166. The third kappa shape index (κ3) is 5.21. The Kier molecular flexibility index (Phi) is 6.04. The molecule has 1 aliphatic rings. The van der Waals surface area contributed by atoms with Crippen molar-refractivity contribution in [2.45, 2.75) is 45.7 Å². The first-order chi connectivity index (χ1) is 9.65. The van der Waals surface area contributed by atoms with Crippen LogP contribution in [-0.4, -0.2) is 41.1 Å². The first-order valence-corrected chi connectivity index (χ1v) is 7.24. The lowest BCUT2D eigenvalue weighted by Gasteiger charge is -2.28. The fourth-order valence-corrected chi connectivity index (χ4v) is 2.90. The van der Waals surface area contributed by atoms with E-state index in [2.05, 4.69) is 0 Å². The van der Waals surface area contributed by atoms with Crippen LogP contribution < -0.4 is 0 Å². The second kappa shape index (κ2) is 7.13. The molecule has 0 spiro atoms. The Morgan fingerprint density at radius 2 is 1.81 bits per heavy atom. The molecule has 1 N–H and O–H groups in total. The highest BCUT2D eigenvalue weighted by molar-refractivity contribution is 5.85. The number of carboxylic acids is 1. The van der Waals surface area contributed by atoms with Gasteiger partial charge in [0.2, 0.25) is 5.91 Å². The second-order valence-electron chi connectivity index (χ2n) is 5.86. The molecule has 7 heteroatoms. The van der Waals surface area contributed by atoms with E-state index in [9.17, 15) is 22.8 Å². The minimum absolute atomic E-state index is 0.0199. The fourth-order valence-electron chi connectivity index (χ4n) is 2.90. The van der Waals surface area contributed by atoms with Crippen molar-refractivity contribution in [3.8, 4) is 0 Å². The lowest BCUT2D eigenvalue weighted by Crippen LogP contribution is -2.44. The highest BCUT2D eigenvalue weighted by Gasteiger charge is 2.44. The summed E-state index contributed by atoms with van der Waals surface area (Å²) in [5, 5.41) is 9.15. The topological polar surface area (TPSA) is 57.6 Å². The number of carboxylic acid groups (broad SMARTS) is 1. The SMILES string of the molecule is CCCCN(CC(F)(F)F)C(=O)C1CC(C)CC1C(=O)O. The summed E-state index contributed by atoms with van der Waals surface area (Å²) in [4.78, 5) is 24.3. The van der Waals surface area contributed by atoms with Crippen LogP contribution in [0.5, 0.6) is 0 Å². The maximum atomic E-state index is 12.6. The molecule has 1 rings (SSSR count). The Hall–Kier alpha value is -1.27. The molecular weight excluding hydrogens is 287 g/mol. The number of rotatable bonds is 6. The molecule has 1 amide bonds. The van der Waals surface area contributed by atoms with Crippen LogP contribution in [0.1, 0.15) is 39.5 Å². The van der Waals surface area contributed by atoms with E-state index in [-0.39, 0.29) is 12.5 Å². The van der Waals surface area contributed by atoms with Crippen LogP contribution in [0.2, 0.25) is 0 Å². The van der Waals surface area contributed by atoms with Gasteiger partial charge < -0.3 is 10.0 Å². The smallest absolute Gasteiger partial charge is 0.406 e. The number of unbranched alkanes of at least 4 members (excludes halogenated alkanes) is 1. The van der Waals surface area contributed by atoms with Gasteiger partial charge in [-0.25, -0.2) is 0 Å². The zero-order valence-corrected chi connectivity index (χ0v) is 12.3. The van der Waals surface area contributed by atoms with Crippen molar-refractivity contribution in [2.24, 2.45) is 17.8 Å². The number of carbonyl (C=O) groups excluding carboxylic acids is 1. The minimum Gasteiger partial charge on any atom is -0.481 e. The summed E-state index contributed by atoms with van der Waals surface area (Å²) < 4.78 is 37.8. The number of carbonyl (C=O) groups is 2. The summed E-state index contributed by atoms with van der Waals surface area (Å²) in [6, 6.07) is 0. The standard InChI is InChI=1S/C14H22F3NO3/c1-3-4-5-18(8-14(15,16)17)12(19)10-6-9(2)7-11(10)13(20)21/h9-11H,3-8H2,1-2H3,(H,20,21). The summed E-state index contributed by atoms with van der Waals surface area (Å²) >= 11 is 0. The Labute approximate surface area is 122 Å². The molecule has 1 aliphatic carbocycles. The molecule has 21 heavy (non-hydrogen) atoms. The number of alkyl halides is 3. The number of hydrogen-bond donors (Lipinski definition) is 1. The molecule has 3 atom stereocenters. The fraction of sp³-hybridized carbons (Fsp3) is 0.857. The van der Waals surface area contributed by atoms with E-state index in [4.69, 9.17) is 5.11 Å². The third-order valence-corrected chi connectivity index (χ3v) is 3.90. The quantitative estimate of drug-likeness (QED) is 0.820. The second-order valence-corrected chi connectivity index (χ2v) is 5.86. The maximum absolute atomic E-state index is 12.6. The highest BCUT2D eigenvalue weighted by Crippen LogP contribution is 2.38. The molecule has 0 aromatic heterocycles. The Balaban J connectivity index is 2.85. The van der Waals surface area contributed by atoms with E-state index in [0.29, 0.717) is 25.7 Å². The number of hydrogen-bond acceptors (Lipinski definition) is 2. The zero-order valence-electron chi connectivity index (χ0n) is 12.3. The van der Waals surface area contributed by atoms with Crippen LogP contribution in [0, 0.1) is 17.8 Å². The molecule has 1 saturated carbocycles. The number of aliphatic carboxylic acids is 1. The molecule has 1 fully saturated rings. The number of amides is 1. The van der Waals surface area contributed by atoms with Crippen molar-refractivity contribution in [1.29, 1.82) is 0 Å². The molecule has 0 aromatic carbocycles. The van der Waals surface area contributed by atoms with Crippen molar-refractivity contribution in [2.75, 3.05) is 13.1 Å². The molecule has 0 heterocycles. The minimum atomic E-state index is -4.47. The van der Waals surface area contributed by atoms with Gasteiger partial charge in [-0.05, 0) is 25.2 Å². The highest BCUT2D eigenvalue weighted by atomic mass is 19.4. The number of halogens is 3. The van der Waals surface area contributed by atoms with Gasteiger partial charge in [0, 0.05) is 6.54 Å². The summed E-state index contributed by atoms with van der Waals surface area (Å²) in [7, 11) is 0. The average Bonchev–Trinajstić information content (AvgIpc) is 2.74. The van der Waals surface area contributed by atoms with Crippen LogP contribution in [0.25, 0.3) is 0 Å². The summed E-state index contributed by atoms with van der Waals surface area (Å²) in [6.07, 6.45) is -2.63. The zero-order chi connectivity index (χ0) is 16.2. The maximum Gasteiger partial charge on any atom is 0.406 e. The van der Waals surface area contributed by atoms with E-state index in [0.717, 1.165) is 4.90 Å². The molecule has 0 saturated heterocycles. The van der Waals surface area contributed by atoms with Gasteiger partial charge in [0.1, 0.15) is 6.54 Å². The number of nitrogens with zero attached hydrogens (tertiary/aromatic N) is 1. The summed E-state index contributed by atoms with van der Waals surface area (Å²) in [5.74, 6) is -3.43. The Morgan fingerprint density at radius 1 is 1.24 bits per heavy atom. The molecule has 0 radical (unpaired) electrons. The van der Waals surface area contributed by atoms with E-state index in [1.807, 2.05) is 13.8 Å². The molecule has 0 bridgehead atoms. The Bertz CT molecular complexity index is 384. The largest absolute Gasteiger partial charge is 0.481 e. The van der Waals surface area contributed by atoms with Crippen LogP contribution in [0.15, 0.2) is 0 Å². The van der Waals surface area contributed by atoms with E-state index in [1.54, 1.807) is 0 Å². The molecule has 0 aliphatic heterocycles. The van der Waals surface area contributed by atoms with E-state index < -0.39 is 36.4 Å². The predicted molar refractivity (Wildman–Crippen MR) is 70.6 cm³/mol. The lowest BCUT2D eigenvalue weighted by atomic mass is 9.94. The van der Waals surface area contributed by atoms with Crippen molar-refractivity contribution in [1.82, 2.24) is 4.90 Å². The van der Waals surface area contributed by atoms with Gasteiger partial charge in [0.15, 0.2) is 0 Å². The molecule has 3 unspecified atom stereocenters. The van der Waals surface area contributed by atoms with Crippen LogP contribution in [-0.2, 0) is 9.59 Å². The first kappa shape index (κ1) is 17.8. The molecular formula is C14H22F3NO3. The van der Waals surface area contributed by atoms with Crippen LogP contribution in [0.3, 0.4) is 0 Å². The molecule has 4 nitrogen and oxygen atoms in total. The normalized spacial score (nSPS) is 25.9. The summed E-state index contributed by atoms with van der Waals surface area (Å²) in [5.41, 5.74) is 0. The first-order valence-electron chi connectivity index (χ1n) is 7.24. The molecule has 0 aromatic rings. The summed E-state index contributed by atoms with van der Waals surface area (Å²) in [6.45, 7) is 2.37. The Morgan fingerprint density at radius 3 is 2.29 bits per heavy atom. The van der Waals surface area contributed by atoms with E-state index >= 15 is 0 Å². The van der Waals surface area contributed by atoms with Crippen molar-refractivity contribution in [3.63, 3.8) is 0 Å². The monoisotopic (exact) mass is 309 g/mol.